The lowest BCUT2D eigenvalue weighted by molar-refractivity contribution is -0.139. The Labute approximate surface area is 166 Å². The fraction of sp³-hybridized carbons (Fsp3) is 0.200. The molecule has 0 spiro atoms. The van der Waals surface area contributed by atoms with E-state index >= 15 is 0 Å². The average molecular weight is 404 g/mol. The number of methoxy groups -OCH3 is 2. The zero-order chi connectivity index (χ0) is 20.7. The molecule has 148 valence electrons. The van der Waals surface area contributed by atoms with Crippen LogP contribution in [0.25, 0.3) is 6.08 Å². The van der Waals surface area contributed by atoms with E-state index < -0.39 is 18.4 Å². The van der Waals surface area contributed by atoms with Gasteiger partial charge >= 0.3 is 5.97 Å². The number of carbonyl (C=O) groups excluding carboxylic acids is 1. The Morgan fingerprint density at radius 1 is 1.11 bits per heavy atom. The third kappa shape index (κ3) is 5.20. The van der Waals surface area contributed by atoms with Crippen LogP contribution in [0.1, 0.15) is 15.9 Å². The van der Waals surface area contributed by atoms with Crippen LogP contribution in [0.4, 0.5) is 0 Å². The van der Waals surface area contributed by atoms with Crippen LogP contribution in [0.15, 0.2) is 41.3 Å². The summed E-state index contributed by atoms with van der Waals surface area (Å²) in [6.45, 7) is -0.631. The monoisotopic (exact) mass is 404 g/mol. The number of rotatable bonds is 9. The summed E-state index contributed by atoms with van der Waals surface area (Å²) in [7, 11) is 3.05. The lowest BCUT2D eigenvalue weighted by atomic mass is 10.1. The van der Waals surface area contributed by atoms with Gasteiger partial charge in [0.25, 0.3) is 0 Å². The lowest BCUT2D eigenvalue weighted by Crippen LogP contribution is -2.11. The van der Waals surface area contributed by atoms with Crippen LogP contribution < -0.4 is 14.2 Å². The zero-order valence-electron chi connectivity index (χ0n) is 15.6. The van der Waals surface area contributed by atoms with Crippen LogP contribution in [-0.4, -0.2) is 49.0 Å². The molecule has 2 N–H and O–H groups in total. The smallest absolute Gasteiger partial charge is 0.341 e. The maximum absolute atomic E-state index is 12.7. The Kier molecular flexibility index (Phi) is 7.34. The molecule has 7 nitrogen and oxygen atoms in total. The number of hydrogen-bond acceptors (Lipinski definition) is 7. The van der Waals surface area contributed by atoms with E-state index in [1.54, 1.807) is 37.6 Å². The molecule has 8 heteroatoms. The van der Waals surface area contributed by atoms with Crippen molar-refractivity contribution in [3.8, 4) is 23.0 Å². The van der Waals surface area contributed by atoms with Crippen LogP contribution >= 0.6 is 11.8 Å². The average Bonchev–Trinajstić information content (AvgIpc) is 2.70. The number of benzene rings is 2. The normalized spacial score (nSPS) is 10.7. The number of hydrogen-bond donors (Lipinski definition) is 2. The molecule has 0 aromatic heterocycles. The zero-order valence-corrected chi connectivity index (χ0v) is 16.4. The first-order valence-electron chi connectivity index (χ1n) is 8.09. The predicted octanol–water partition coefficient (Wildman–Crippen LogP) is 3.49. The summed E-state index contributed by atoms with van der Waals surface area (Å²) >= 11 is 1.25. The standard InChI is InChI=1S/C20H20O7S/c1-25-13-6-4-12(17(8-13)26-2)5-7-15(21)14-9-19(28-3)16(22)10-18(14)27-11-20(23)24/h4-10,22H,11H2,1-3H3,(H,23,24). The first-order valence-corrected chi connectivity index (χ1v) is 9.32. The summed E-state index contributed by atoms with van der Waals surface area (Å²) in [5.74, 6) is -0.549. The molecule has 0 saturated carbocycles. The molecule has 2 aromatic carbocycles. The summed E-state index contributed by atoms with van der Waals surface area (Å²) < 4.78 is 15.6. The molecule has 0 unspecified atom stereocenters. The van der Waals surface area contributed by atoms with Gasteiger partial charge in [-0.15, -0.1) is 11.8 Å². The second kappa shape index (κ2) is 9.70. The summed E-state index contributed by atoms with van der Waals surface area (Å²) in [4.78, 5) is 24.0. The SMILES string of the molecule is COc1ccc(C=CC(=O)c2cc(SC)c(O)cc2OCC(=O)O)c(OC)c1. The van der Waals surface area contributed by atoms with Crippen molar-refractivity contribution in [1.29, 1.82) is 0 Å². The Hall–Kier alpha value is -3.13. The molecule has 0 saturated heterocycles. The number of allylic oxidation sites excluding steroid dienone is 1. The molecule has 0 amide bonds. The topological polar surface area (TPSA) is 102 Å². The van der Waals surface area contributed by atoms with Gasteiger partial charge in [-0.2, -0.15) is 0 Å². The van der Waals surface area contributed by atoms with Crippen LogP contribution in [0.2, 0.25) is 0 Å². The number of aliphatic carboxylic acids is 1. The predicted molar refractivity (Wildman–Crippen MR) is 106 cm³/mol. The molecule has 0 radical (unpaired) electrons. The van der Waals surface area contributed by atoms with Crippen molar-refractivity contribution in [3.05, 3.63) is 47.5 Å². The minimum atomic E-state index is -1.19. The van der Waals surface area contributed by atoms with Gasteiger partial charge in [0.2, 0.25) is 0 Å². The first kappa shape index (κ1) is 21.2. The largest absolute Gasteiger partial charge is 0.507 e. The van der Waals surface area contributed by atoms with E-state index in [2.05, 4.69) is 0 Å². The van der Waals surface area contributed by atoms with Gasteiger partial charge in [0.05, 0.1) is 19.8 Å². The summed E-state index contributed by atoms with van der Waals surface area (Å²) in [6, 6.07) is 7.88. The lowest BCUT2D eigenvalue weighted by Gasteiger charge is -2.11. The number of ether oxygens (including phenoxy) is 3. The maximum Gasteiger partial charge on any atom is 0.341 e. The maximum atomic E-state index is 12.7. The van der Waals surface area contributed by atoms with Gasteiger partial charge < -0.3 is 24.4 Å². The van der Waals surface area contributed by atoms with E-state index in [1.165, 1.54) is 37.1 Å². The highest BCUT2D eigenvalue weighted by Gasteiger charge is 2.16. The van der Waals surface area contributed by atoms with Crippen molar-refractivity contribution >= 4 is 29.6 Å². The summed E-state index contributed by atoms with van der Waals surface area (Å²) in [5, 5.41) is 18.8. The van der Waals surface area contributed by atoms with Crippen LogP contribution in [0.5, 0.6) is 23.0 Å². The van der Waals surface area contributed by atoms with E-state index in [4.69, 9.17) is 19.3 Å². The molecule has 2 rings (SSSR count). The number of phenols is 1. The molecular weight excluding hydrogens is 384 g/mol. The number of carbonyl (C=O) groups is 2. The van der Waals surface area contributed by atoms with Crippen molar-refractivity contribution in [1.82, 2.24) is 0 Å². The molecule has 0 fully saturated rings. The highest BCUT2D eigenvalue weighted by Crippen LogP contribution is 2.34. The van der Waals surface area contributed by atoms with E-state index in [-0.39, 0.29) is 17.1 Å². The molecule has 28 heavy (non-hydrogen) atoms. The number of ketones is 1. The number of carboxylic acids is 1. The van der Waals surface area contributed by atoms with Crippen molar-refractivity contribution in [3.63, 3.8) is 0 Å². The van der Waals surface area contributed by atoms with Gasteiger partial charge in [-0.3, -0.25) is 4.79 Å². The second-order valence-corrected chi connectivity index (χ2v) is 6.36. The van der Waals surface area contributed by atoms with Gasteiger partial charge in [-0.05, 0) is 36.6 Å². The number of carboxylic acid groups (broad SMARTS) is 1. The third-order valence-electron chi connectivity index (χ3n) is 3.75. The highest BCUT2D eigenvalue weighted by atomic mass is 32.2. The van der Waals surface area contributed by atoms with Gasteiger partial charge in [-0.25, -0.2) is 4.79 Å². The quantitative estimate of drug-likeness (QED) is 0.372. The number of phenolic OH excluding ortho intramolecular Hbond substituents is 1. The van der Waals surface area contributed by atoms with E-state index in [0.29, 0.717) is 22.0 Å². The summed E-state index contributed by atoms with van der Waals surface area (Å²) in [6.07, 6.45) is 4.65. The Morgan fingerprint density at radius 2 is 1.86 bits per heavy atom. The number of thioether (sulfide) groups is 1. The van der Waals surface area contributed by atoms with Crippen molar-refractivity contribution in [2.75, 3.05) is 27.1 Å². The molecular formula is C20H20O7S. The minimum Gasteiger partial charge on any atom is -0.507 e. The molecule has 0 bridgehead atoms. The molecule has 0 heterocycles. The van der Waals surface area contributed by atoms with Gasteiger partial charge in [0.15, 0.2) is 12.4 Å². The number of aromatic hydroxyl groups is 1. The van der Waals surface area contributed by atoms with Crippen molar-refractivity contribution in [2.45, 2.75) is 4.90 Å². The van der Waals surface area contributed by atoms with Crippen LogP contribution in [-0.2, 0) is 4.79 Å². The first-order chi connectivity index (χ1) is 13.4. The van der Waals surface area contributed by atoms with E-state index in [9.17, 15) is 14.7 Å². The Balaban J connectivity index is 2.37. The fourth-order valence-electron chi connectivity index (χ4n) is 2.38. The van der Waals surface area contributed by atoms with Gasteiger partial charge in [0.1, 0.15) is 23.0 Å². The molecule has 0 aliphatic heterocycles. The van der Waals surface area contributed by atoms with Crippen LogP contribution in [0.3, 0.4) is 0 Å². The molecule has 0 aliphatic rings. The molecule has 2 aromatic rings. The highest BCUT2D eigenvalue weighted by molar-refractivity contribution is 7.98. The molecule has 0 atom stereocenters. The van der Waals surface area contributed by atoms with E-state index in [1.807, 2.05) is 0 Å². The molecule has 0 aliphatic carbocycles. The summed E-state index contributed by atoms with van der Waals surface area (Å²) in [5.41, 5.74) is 0.806. The third-order valence-corrected chi connectivity index (χ3v) is 4.52. The second-order valence-electron chi connectivity index (χ2n) is 5.51. The van der Waals surface area contributed by atoms with Gasteiger partial charge in [0, 0.05) is 22.6 Å². The van der Waals surface area contributed by atoms with Crippen molar-refractivity contribution in [2.24, 2.45) is 0 Å². The van der Waals surface area contributed by atoms with E-state index in [0.717, 1.165) is 0 Å². The Bertz CT molecular complexity index is 906. The fourth-order valence-corrected chi connectivity index (χ4v) is 2.88. The van der Waals surface area contributed by atoms with Gasteiger partial charge in [-0.1, -0.05) is 0 Å². The minimum absolute atomic E-state index is 0.00551. The Morgan fingerprint density at radius 3 is 2.46 bits per heavy atom. The van der Waals surface area contributed by atoms with Crippen LogP contribution in [0, 0.1) is 0 Å². The van der Waals surface area contributed by atoms with Crippen molar-refractivity contribution < 1.29 is 34.0 Å².